The van der Waals surface area contributed by atoms with Crippen LogP contribution in [0.1, 0.15) is 33.3 Å². The molecule has 3 rings (SSSR count). The SMILES string of the molecule is COC(=O)C(Cc1ccc(Nc2nccc3cnccc23)cc1)NS(=O)(=O)N(C(C)C)C(C)C. The van der Waals surface area contributed by atoms with E-state index < -0.39 is 22.2 Å². The van der Waals surface area contributed by atoms with Crippen LogP contribution < -0.4 is 10.0 Å². The van der Waals surface area contributed by atoms with Gasteiger partial charge in [-0.2, -0.15) is 17.4 Å². The number of rotatable bonds is 10. The lowest BCUT2D eigenvalue weighted by atomic mass is 10.1. The van der Waals surface area contributed by atoms with Gasteiger partial charge in [0, 0.05) is 47.1 Å². The fourth-order valence-electron chi connectivity index (χ4n) is 3.92. The summed E-state index contributed by atoms with van der Waals surface area (Å²) in [6.45, 7) is 7.16. The maximum atomic E-state index is 13.0. The molecular formula is C24H31N5O4S. The van der Waals surface area contributed by atoms with Gasteiger partial charge in [0.2, 0.25) is 0 Å². The van der Waals surface area contributed by atoms with Gasteiger partial charge < -0.3 is 10.1 Å². The molecule has 0 aliphatic carbocycles. The van der Waals surface area contributed by atoms with Gasteiger partial charge in [-0.15, -0.1) is 0 Å². The standard InChI is InChI=1S/C24H31N5O4S/c1-16(2)29(17(3)4)34(31,32)28-22(24(30)33-5)14-18-6-8-20(9-7-18)27-23-21-11-12-25-15-19(21)10-13-26-23/h6-13,15-17,22,28H,14H2,1-5H3,(H,26,27). The van der Waals surface area contributed by atoms with E-state index >= 15 is 0 Å². The lowest BCUT2D eigenvalue weighted by Crippen LogP contribution is -2.53. The summed E-state index contributed by atoms with van der Waals surface area (Å²) in [5.41, 5.74) is 1.58. The van der Waals surface area contributed by atoms with Crippen molar-refractivity contribution in [2.45, 2.75) is 52.2 Å². The van der Waals surface area contributed by atoms with Crippen molar-refractivity contribution in [1.82, 2.24) is 19.0 Å². The minimum absolute atomic E-state index is 0.147. The Balaban J connectivity index is 1.77. The number of anilines is 2. The van der Waals surface area contributed by atoms with Gasteiger partial charge >= 0.3 is 5.97 Å². The summed E-state index contributed by atoms with van der Waals surface area (Å²) in [5.74, 6) is 0.0575. The molecule has 10 heteroatoms. The van der Waals surface area contributed by atoms with E-state index in [0.717, 1.165) is 22.0 Å². The molecule has 2 heterocycles. The number of hydrogen-bond acceptors (Lipinski definition) is 7. The van der Waals surface area contributed by atoms with Crippen LogP contribution >= 0.6 is 0 Å². The molecule has 1 aromatic carbocycles. The molecule has 0 aliphatic heterocycles. The summed E-state index contributed by atoms with van der Waals surface area (Å²) >= 11 is 0. The normalized spacial score (nSPS) is 12.9. The second kappa shape index (κ2) is 10.9. The van der Waals surface area contributed by atoms with E-state index in [9.17, 15) is 13.2 Å². The highest BCUT2D eigenvalue weighted by atomic mass is 32.2. The quantitative estimate of drug-likeness (QED) is 0.423. The minimum Gasteiger partial charge on any atom is -0.468 e. The molecule has 0 aliphatic rings. The number of benzene rings is 1. The number of esters is 1. The topological polar surface area (TPSA) is 114 Å². The Kier molecular flexibility index (Phi) is 8.19. The van der Waals surface area contributed by atoms with E-state index in [1.54, 1.807) is 46.3 Å². The molecule has 182 valence electrons. The summed E-state index contributed by atoms with van der Waals surface area (Å²) in [7, 11) is -2.67. The molecule has 0 saturated carbocycles. The van der Waals surface area contributed by atoms with E-state index in [2.05, 4.69) is 20.0 Å². The smallest absolute Gasteiger partial charge is 0.324 e. The van der Waals surface area contributed by atoms with Crippen LogP contribution in [0.2, 0.25) is 0 Å². The van der Waals surface area contributed by atoms with Crippen molar-refractivity contribution in [3.05, 3.63) is 60.6 Å². The number of aromatic nitrogens is 2. The fourth-order valence-corrected chi connectivity index (χ4v) is 5.69. The van der Waals surface area contributed by atoms with Crippen LogP contribution in [-0.2, 0) is 26.2 Å². The van der Waals surface area contributed by atoms with Crippen LogP contribution in [0, 0.1) is 0 Å². The number of ether oxygens (including phenoxy) is 1. The van der Waals surface area contributed by atoms with Gasteiger partial charge in [-0.05, 0) is 63.9 Å². The van der Waals surface area contributed by atoms with Crippen molar-refractivity contribution in [2.75, 3.05) is 12.4 Å². The lowest BCUT2D eigenvalue weighted by molar-refractivity contribution is -0.142. The average molecular weight is 486 g/mol. The van der Waals surface area contributed by atoms with Crippen molar-refractivity contribution >= 4 is 38.5 Å². The first kappa shape index (κ1) is 25.5. The molecule has 3 aromatic rings. The van der Waals surface area contributed by atoms with Gasteiger partial charge in [0.1, 0.15) is 11.9 Å². The molecule has 34 heavy (non-hydrogen) atoms. The summed E-state index contributed by atoms with van der Waals surface area (Å²) in [5, 5.41) is 5.21. The summed E-state index contributed by atoms with van der Waals surface area (Å²) < 4.78 is 34.7. The van der Waals surface area contributed by atoms with Gasteiger partial charge in [0.05, 0.1) is 7.11 Å². The third-order valence-electron chi connectivity index (χ3n) is 5.29. The van der Waals surface area contributed by atoms with E-state index in [1.807, 2.05) is 36.4 Å². The van der Waals surface area contributed by atoms with Crippen LogP contribution in [-0.4, -0.2) is 53.9 Å². The van der Waals surface area contributed by atoms with Crippen LogP contribution in [0.3, 0.4) is 0 Å². The highest BCUT2D eigenvalue weighted by Gasteiger charge is 2.33. The maximum absolute atomic E-state index is 13.0. The van der Waals surface area contributed by atoms with E-state index in [1.165, 1.54) is 11.4 Å². The molecule has 0 bridgehead atoms. The Morgan fingerprint density at radius 3 is 2.32 bits per heavy atom. The third kappa shape index (κ3) is 6.07. The summed E-state index contributed by atoms with van der Waals surface area (Å²) in [6.07, 6.45) is 5.35. The minimum atomic E-state index is -3.91. The highest BCUT2D eigenvalue weighted by molar-refractivity contribution is 7.87. The number of nitrogens with zero attached hydrogens (tertiary/aromatic N) is 3. The fraction of sp³-hybridized carbons (Fsp3) is 0.375. The van der Waals surface area contributed by atoms with Crippen molar-refractivity contribution in [2.24, 2.45) is 0 Å². The zero-order valence-electron chi connectivity index (χ0n) is 20.0. The van der Waals surface area contributed by atoms with Crippen molar-refractivity contribution in [3.63, 3.8) is 0 Å². The van der Waals surface area contributed by atoms with Crippen LogP contribution in [0.4, 0.5) is 11.5 Å². The van der Waals surface area contributed by atoms with Gasteiger partial charge in [0.25, 0.3) is 10.2 Å². The predicted octanol–water partition coefficient (Wildman–Crippen LogP) is 3.41. The van der Waals surface area contributed by atoms with Crippen LogP contribution in [0.25, 0.3) is 10.8 Å². The molecule has 0 spiro atoms. The summed E-state index contributed by atoms with van der Waals surface area (Å²) in [6, 6.07) is 9.58. The largest absolute Gasteiger partial charge is 0.468 e. The molecule has 9 nitrogen and oxygen atoms in total. The van der Waals surface area contributed by atoms with Crippen molar-refractivity contribution < 1.29 is 17.9 Å². The number of pyridine rings is 2. The third-order valence-corrected chi connectivity index (χ3v) is 7.27. The Hall–Kier alpha value is -3.08. The molecule has 2 aromatic heterocycles. The average Bonchev–Trinajstić information content (AvgIpc) is 2.78. The molecule has 0 amide bonds. The van der Waals surface area contributed by atoms with E-state index in [0.29, 0.717) is 5.82 Å². The van der Waals surface area contributed by atoms with E-state index in [4.69, 9.17) is 4.74 Å². The lowest BCUT2D eigenvalue weighted by Gasteiger charge is -2.31. The van der Waals surface area contributed by atoms with Gasteiger partial charge in [-0.3, -0.25) is 9.78 Å². The van der Waals surface area contributed by atoms with E-state index in [-0.39, 0.29) is 18.5 Å². The van der Waals surface area contributed by atoms with Gasteiger partial charge in [0.15, 0.2) is 0 Å². The number of nitrogens with one attached hydrogen (secondary N) is 2. The van der Waals surface area contributed by atoms with Crippen molar-refractivity contribution in [1.29, 1.82) is 0 Å². The zero-order chi connectivity index (χ0) is 24.9. The Morgan fingerprint density at radius 1 is 1.03 bits per heavy atom. The van der Waals surface area contributed by atoms with Gasteiger partial charge in [-0.25, -0.2) is 4.98 Å². The first-order chi connectivity index (χ1) is 16.1. The maximum Gasteiger partial charge on any atom is 0.324 e. The highest BCUT2D eigenvalue weighted by Crippen LogP contribution is 2.24. The first-order valence-corrected chi connectivity index (χ1v) is 12.5. The zero-order valence-corrected chi connectivity index (χ0v) is 20.8. The monoisotopic (exact) mass is 485 g/mol. The number of carbonyl (C=O) groups excluding carboxylic acids is 1. The molecule has 1 unspecified atom stereocenters. The molecule has 2 N–H and O–H groups in total. The van der Waals surface area contributed by atoms with Crippen LogP contribution in [0.15, 0.2) is 55.0 Å². The second-order valence-corrected chi connectivity index (χ2v) is 10.1. The predicted molar refractivity (Wildman–Crippen MR) is 133 cm³/mol. The number of fused-ring (bicyclic) bond motifs is 1. The number of carbonyl (C=O) groups is 1. The summed E-state index contributed by atoms with van der Waals surface area (Å²) in [4.78, 5) is 20.9. The number of hydrogen-bond donors (Lipinski definition) is 2. The number of methoxy groups -OCH3 is 1. The molecule has 0 saturated heterocycles. The first-order valence-electron chi connectivity index (χ1n) is 11.1. The van der Waals surface area contributed by atoms with Gasteiger partial charge in [-0.1, -0.05) is 12.1 Å². The van der Waals surface area contributed by atoms with Crippen LogP contribution in [0.5, 0.6) is 0 Å². The molecule has 1 atom stereocenters. The second-order valence-electron chi connectivity index (χ2n) is 8.50. The molecular weight excluding hydrogens is 454 g/mol. The van der Waals surface area contributed by atoms with Crippen molar-refractivity contribution in [3.8, 4) is 0 Å². The Labute approximate surface area is 200 Å². The Morgan fingerprint density at radius 2 is 1.71 bits per heavy atom. The molecule has 0 fully saturated rings. The Bertz CT molecular complexity index is 1220. The molecule has 0 radical (unpaired) electrons.